The van der Waals surface area contributed by atoms with Gasteiger partial charge >= 0.3 is 0 Å². The Balaban J connectivity index is 2.25. The fraction of sp³-hybridized carbons (Fsp3) is 0.953. The van der Waals surface area contributed by atoms with Crippen molar-refractivity contribution in [2.24, 2.45) is 0 Å². The van der Waals surface area contributed by atoms with Crippen LogP contribution < -0.4 is 5.32 Å². The van der Waals surface area contributed by atoms with Gasteiger partial charge in [-0.05, 0) is 38.5 Å². The van der Waals surface area contributed by atoms with Crippen LogP contribution in [0.3, 0.4) is 0 Å². The molecule has 1 amide bonds. The van der Waals surface area contributed by atoms with Crippen LogP contribution in [-0.4, -0.2) is 110 Å². The van der Waals surface area contributed by atoms with E-state index < -0.39 is 74.2 Å². The molecule has 9 unspecified atom stereocenters. The monoisotopic (exact) mass is 1070 g/mol. The van der Waals surface area contributed by atoms with Crippen molar-refractivity contribution < 1.29 is 50.0 Å². The number of hydrogen-bond donors (Lipinski definition) is 8. The number of aliphatic hydroxyl groups excluding tert-OH is 7. The lowest BCUT2D eigenvalue weighted by molar-refractivity contribution is -0.303. The lowest BCUT2D eigenvalue weighted by Gasteiger charge is -2.40. The highest BCUT2D eigenvalue weighted by Crippen LogP contribution is 2.24. The zero-order valence-electron chi connectivity index (χ0n) is 49.1. The second kappa shape index (κ2) is 53.5. The first kappa shape index (κ1) is 71.9. The maximum absolute atomic E-state index is 13.2. The van der Waals surface area contributed by atoms with E-state index in [1.54, 1.807) is 0 Å². The molecule has 0 aromatic heterocycles. The Morgan fingerprint density at radius 2 is 0.773 bits per heavy atom. The number of allylic oxidation sites excluding steroid dienone is 2. The molecule has 446 valence electrons. The molecule has 1 fully saturated rings. The van der Waals surface area contributed by atoms with E-state index in [4.69, 9.17) is 9.47 Å². The first-order valence-corrected chi connectivity index (χ1v) is 32.6. The quantitative estimate of drug-likeness (QED) is 0.0215. The summed E-state index contributed by atoms with van der Waals surface area (Å²) in [5.74, 6) is -0.693. The molecule has 0 radical (unpaired) electrons. The van der Waals surface area contributed by atoms with Crippen LogP contribution in [0.4, 0.5) is 0 Å². The second-order valence-electron chi connectivity index (χ2n) is 23.2. The summed E-state index contributed by atoms with van der Waals surface area (Å²) in [6.07, 6.45) is 52.7. The molecule has 11 heteroatoms. The van der Waals surface area contributed by atoms with Gasteiger partial charge in [0.1, 0.15) is 36.6 Å². The third-order valence-electron chi connectivity index (χ3n) is 16.1. The van der Waals surface area contributed by atoms with Crippen LogP contribution in [0.15, 0.2) is 12.2 Å². The molecule has 75 heavy (non-hydrogen) atoms. The highest BCUT2D eigenvalue weighted by atomic mass is 16.7. The van der Waals surface area contributed by atoms with E-state index in [2.05, 4.69) is 31.3 Å². The number of carbonyl (C=O) groups excluding carboxylic acids is 1. The van der Waals surface area contributed by atoms with Gasteiger partial charge in [-0.25, -0.2) is 0 Å². The molecule has 8 N–H and O–H groups in total. The third-order valence-corrected chi connectivity index (χ3v) is 16.1. The van der Waals surface area contributed by atoms with Crippen LogP contribution in [0.5, 0.6) is 0 Å². The molecule has 9 atom stereocenters. The van der Waals surface area contributed by atoms with E-state index in [-0.39, 0.29) is 6.42 Å². The zero-order chi connectivity index (χ0) is 54.7. The molecule has 0 aromatic rings. The van der Waals surface area contributed by atoms with E-state index in [1.807, 2.05) is 0 Å². The number of hydrogen-bond acceptors (Lipinski definition) is 10. The van der Waals surface area contributed by atoms with Gasteiger partial charge in [0.2, 0.25) is 5.91 Å². The first-order chi connectivity index (χ1) is 36.7. The van der Waals surface area contributed by atoms with Crippen LogP contribution in [0, 0.1) is 0 Å². The summed E-state index contributed by atoms with van der Waals surface area (Å²) in [4.78, 5) is 13.2. The summed E-state index contributed by atoms with van der Waals surface area (Å²) in [6.45, 7) is 3.51. The Hall–Kier alpha value is -1.15. The number of rotatable bonds is 57. The molecule has 0 aliphatic carbocycles. The molecular formula is C64H125NO10. The molecule has 0 spiro atoms. The predicted molar refractivity (Wildman–Crippen MR) is 312 cm³/mol. The van der Waals surface area contributed by atoms with Gasteiger partial charge in [-0.15, -0.1) is 0 Å². The van der Waals surface area contributed by atoms with Gasteiger partial charge in [0.25, 0.3) is 0 Å². The summed E-state index contributed by atoms with van der Waals surface area (Å²) < 4.78 is 11.2. The van der Waals surface area contributed by atoms with Gasteiger partial charge in [0.05, 0.1) is 25.4 Å². The number of carbonyl (C=O) groups is 1. The Labute approximate surface area is 462 Å². The summed E-state index contributed by atoms with van der Waals surface area (Å²) in [7, 11) is 0. The van der Waals surface area contributed by atoms with Gasteiger partial charge in [0.15, 0.2) is 6.29 Å². The van der Waals surface area contributed by atoms with Crippen molar-refractivity contribution in [2.75, 3.05) is 13.2 Å². The molecule has 0 aromatic carbocycles. The van der Waals surface area contributed by atoms with Crippen LogP contribution in [-0.2, 0) is 14.3 Å². The minimum Gasteiger partial charge on any atom is -0.394 e. The van der Waals surface area contributed by atoms with Crippen LogP contribution in [0.25, 0.3) is 0 Å². The maximum atomic E-state index is 13.2. The van der Waals surface area contributed by atoms with Crippen molar-refractivity contribution in [2.45, 2.75) is 377 Å². The number of aliphatic hydroxyl groups is 7. The molecule has 0 bridgehead atoms. The van der Waals surface area contributed by atoms with Crippen molar-refractivity contribution in [3.8, 4) is 0 Å². The van der Waals surface area contributed by atoms with Crippen molar-refractivity contribution in [1.82, 2.24) is 5.32 Å². The second-order valence-corrected chi connectivity index (χ2v) is 23.2. The van der Waals surface area contributed by atoms with Gasteiger partial charge in [-0.2, -0.15) is 0 Å². The van der Waals surface area contributed by atoms with E-state index in [0.29, 0.717) is 19.3 Å². The van der Waals surface area contributed by atoms with Crippen LogP contribution in [0.2, 0.25) is 0 Å². The summed E-state index contributed by atoms with van der Waals surface area (Å²) in [6, 6.07) is -1.17. The highest BCUT2D eigenvalue weighted by molar-refractivity contribution is 5.80. The number of amides is 1. The average Bonchev–Trinajstić information content (AvgIpc) is 3.41. The van der Waals surface area contributed by atoms with E-state index in [0.717, 1.165) is 44.9 Å². The zero-order valence-corrected chi connectivity index (χ0v) is 49.1. The standard InChI is InChI=1S/C64H125NO10/c1-3-5-7-9-11-13-15-17-19-21-23-25-27-29-31-33-35-37-39-41-43-45-47-49-51-56(67)59(69)55(54-74-64-62(72)61(71)60(70)58(53-66)75-64)65-63(73)57(68)52-50-48-46-44-42-40-38-36-34-32-30-28-26-24-22-20-18-16-14-12-10-8-6-4-2/h30,32,55-62,64,66-72H,3-29,31,33-54H2,1-2H3,(H,65,73)/b32-30-. The summed E-state index contributed by atoms with van der Waals surface area (Å²) in [5.41, 5.74) is 0. The average molecular weight is 1070 g/mol. The van der Waals surface area contributed by atoms with Crippen molar-refractivity contribution in [3.05, 3.63) is 12.2 Å². The molecule has 0 saturated carbocycles. The van der Waals surface area contributed by atoms with E-state index in [9.17, 15) is 40.5 Å². The van der Waals surface area contributed by atoms with E-state index >= 15 is 0 Å². The highest BCUT2D eigenvalue weighted by Gasteiger charge is 2.44. The molecule has 1 rings (SSSR count). The molecule has 1 saturated heterocycles. The Morgan fingerprint density at radius 1 is 0.453 bits per heavy atom. The van der Waals surface area contributed by atoms with Gasteiger partial charge in [0, 0.05) is 0 Å². The van der Waals surface area contributed by atoms with Gasteiger partial charge in [-0.3, -0.25) is 4.79 Å². The van der Waals surface area contributed by atoms with Gasteiger partial charge in [-0.1, -0.05) is 296 Å². The van der Waals surface area contributed by atoms with Crippen molar-refractivity contribution in [3.63, 3.8) is 0 Å². The van der Waals surface area contributed by atoms with Crippen LogP contribution in [0.1, 0.15) is 322 Å². The molecular weight excluding hydrogens is 943 g/mol. The van der Waals surface area contributed by atoms with Crippen molar-refractivity contribution >= 4 is 5.91 Å². The van der Waals surface area contributed by atoms with Crippen LogP contribution >= 0.6 is 0 Å². The van der Waals surface area contributed by atoms with E-state index in [1.165, 1.54) is 238 Å². The normalized spacial score (nSPS) is 19.7. The minimum atomic E-state index is -1.66. The fourth-order valence-electron chi connectivity index (χ4n) is 10.8. The molecule has 1 aliphatic rings. The molecule has 1 heterocycles. The van der Waals surface area contributed by atoms with Gasteiger partial charge < -0.3 is 50.5 Å². The number of unbranched alkanes of at least 4 members (excludes halogenated alkanes) is 43. The Kier molecular flexibility index (Phi) is 51.3. The Bertz CT molecular complexity index is 1220. The molecule has 11 nitrogen and oxygen atoms in total. The largest absolute Gasteiger partial charge is 0.394 e. The first-order valence-electron chi connectivity index (χ1n) is 32.6. The topological polar surface area (TPSA) is 189 Å². The predicted octanol–water partition coefficient (Wildman–Crippen LogP) is 14.7. The summed E-state index contributed by atoms with van der Waals surface area (Å²) >= 11 is 0. The smallest absolute Gasteiger partial charge is 0.249 e. The minimum absolute atomic E-state index is 0.260. The lowest BCUT2D eigenvalue weighted by atomic mass is 9.98. The Morgan fingerprint density at radius 3 is 1.12 bits per heavy atom. The number of ether oxygens (including phenoxy) is 2. The lowest BCUT2D eigenvalue weighted by Crippen LogP contribution is -2.60. The SMILES string of the molecule is CCCCCCCCCCCCCC/C=C\CCCCCCCCCCC(O)C(=O)NC(COC1OC(CO)C(O)C(O)C1O)C(O)C(O)CCCCCCCCCCCCCCCCCCCCCCCCCC. The number of nitrogens with one attached hydrogen (secondary N) is 1. The third kappa shape index (κ3) is 41.5. The van der Waals surface area contributed by atoms with Crippen molar-refractivity contribution in [1.29, 1.82) is 0 Å². The fourth-order valence-corrected chi connectivity index (χ4v) is 10.8. The summed E-state index contributed by atoms with van der Waals surface area (Å²) in [5, 5.41) is 76.4. The molecule has 1 aliphatic heterocycles. The maximum Gasteiger partial charge on any atom is 0.249 e.